The van der Waals surface area contributed by atoms with Gasteiger partial charge in [0, 0.05) is 5.92 Å². The summed E-state index contributed by atoms with van der Waals surface area (Å²) in [5.74, 6) is -0.0755. The highest BCUT2D eigenvalue weighted by atomic mass is 16.5. The molecule has 1 saturated heterocycles. The van der Waals surface area contributed by atoms with Crippen LogP contribution in [0.5, 0.6) is 0 Å². The maximum absolute atomic E-state index is 12.2. The molecule has 2 atom stereocenters. The van der Waals surface area contributed by atoms with E-state index in [0.29, 0.717) is 6.61 Å². The van der Waals surface area contributed by atoms with Crippen LogP contribution in [0.3, 0.4) is 0 Å². The van der Waals surface area contributed by atoms with Gasteiger partial charge >= 0.3 is 5.97 Å². The molecule has 0 radical (unpaired) electrons. The summed E-state index contributed by atoms with van der Waals surface area (Å²) in [6, 6.07) is 20.2. The van der Waals surface area contributed by atoms with E-state index in [9.17, 15) is 4.79 Å². The molecule has 0 aromatic heterocycles. The molecule has 2 aromatic carbocycles. The number of carbonyl (C=O) groups excluding carboxylic acids is 1. The van der Waals surface area contributed by atoms with E-state index >= 15 is 0 Å². The molecule has 0 saturated carbocycles. The number of carbonyl (C=O) groups is 1. The first-order chi connectivity index (χ1) is 9.36. The van der Waals surface area contributed by atoms with Gasteiger partial charge in [0.25, 0.3) is 0 Å². The largest absolute Gasteiger partial charge is 0.465 e. The number of hydrogen-bond donors (Lipinski definition) is 0. The summed E-state index contributed by atoms with van der Waals surface area (Å²) in [5.41, 5.74) is 2.26. The smallest absolute Gasteiger partial charge is 0.314 e. The second-order valence-electron chi connectivity index (χ2n) is 4.86. The van der Waals surface area contributed by atoms with E-state index in [-0.39, 0.29) is 17.8 Å². The number of esters is 1. The standard InChI is InChI=1S/C17H16O2/c18-17-16(14-9-5-2-6-10-14)15(11-12-19-17)13-7-3-1-4-8-13/h1-10,15-16H,11-12H2/t15-,16+/m0/s1. The van der Waals surface area contributed by atoms with Crippen molar-refractivity contribution < 1.29 is 9.53 Å². The Labute approximate surface area is 113 Å². The molecule has 0 N–H and O–H groups in total. The normalized spacial score (nSPS) is 22.8. The Morgan fingerprint density at radius 1 is 0.842 bits per heavy atom. The van der Waals surface area contributed by atoms with Gasteiger partial charge in [-0.3, -0.25) is 4.79 Å². The summed E-state index contributed by atoms with van der Waals surface area (Å²) in [7, 11) is 0. The molecule has 1 aliphatic rings. The minimum absolute atomic E-state index is 0.105. The van der Waals surface area contributed by atoms with E-state index in [2.05, 4.69) is 12.1 Å². The molecule has 2 heteroatoms. The zero-order chi connectivity index (χ0) is 13.1. The lowest BCUT2D eigenvalue weighted by Gasteiger charge is -2.30. The van der Waals surface area contributed by atoms with Gasteiger partial charge in [-0.25, -0.2) is 0 Å². The van der Waals surface area contributed by atoms with Crippen molar-refractivity contribution in [2.24, 2.45) is 0 Å². The highest BCUT2D eigenvalue weighted by Crippen LogP contribution is 2.39. The first-order valence-corrected chi connectivity index (χ1v) is 6.63. The van der Waals surface area contributed by atoms with Gasteiger partial charge in [-0.05, 0) is 17.5 Å². The lowest BCUT2D eigenvalue weighted by atomic mass is 9.78. The third-order valence-electron chi connectivity index (χ3n) is 3.72. The highest BCUT2D eigenvalue weighted by molar-refractivity contribution is 5.80. The molecule has 2 aromatic rings. The van der Waals surface area contributed by atoms with Crippen LogP contribution in [-0.4, -0.2) is 12.6 Å². The van der Waals surface area contributed by atoms with Crippen molar-refractivity contribution in [2.75, 3.05) is 6.61 Å². The Morgan fingerprint density at radius 2 is 1.42 bits per heavy atom. The minimum Gasteiger partial charge on any atom is -0.465 e. The van der Waals surface area contributed by atoms with Crippen molar-refractivity contribution >= 4 is 5.97 Å². The van der Waals surface area contributed by atoms with Crippen molar-refractivity contribution in [1.82, 2.24) is 0 Å². The molecule has 96 valence electrons. The molecule has 19 heavy (non-hydrogen) atoms. The SMILES string of the molecule is O=C1OCC[C@@H](c2ccccc2)[C@H]1c1ccccc1. The van der Waals surface area contributed by atoms with Crippen LogP contribution in [0.1, 0.15) is 29.4 Å². The van der Waals surface area contributed by atoms with Gasteiger partial charge in [0.2, 0.25) is 0 Å². The maximum Gasteiger partial charge on any atom is 0.314 e. The molecular weight excluding hydrogens is 236 g/mol. The third-order valence-corrected chi connectivity index (χ3v) is 3.72. The van der Waals surface area contributed by atoms with Gasteiger partial charge in [-0.2, -0.15) is 0 Å². The summed E-state index contributed by atoms with van der Waals surface area (Å²) in [5, 5.41) is 0. The number of benzene rings is 2. The molecule has 3 rings (SSSR count). The van der Waals surface area contributed by atoms with Crippen LogP contribution in [0.4, 0.5) is 0 Å². The number of hydrogen-bond acceptors (Lipinski definition) is 2. The third kappa shape index (κ3) is 2.39. The maximum atomic E-state index is 12.2. The van der Waals surface area contributed by atoms with E-state index in [0.717, 1.165) is 12.0 Å². The monoisotopic (exact) mass is 252 g/mol. The summed E-state index contributed by atoms with van der Waals surface area (Å²) < 4.78 is 5.26. The Hall–Kier alpha value is -2.09. The van der Waals surface area contributed by atoms with Crippen molar-refractivity contribution in [1.29, 1.82) is 0 Å². The predicted octanol–water partition coefficient (Wildman–Crippen LogP) is 3.50. The van der Waals surface area contributed by atoms with Gasteiger partial charge in [-0.15, -0.1) is 0 Å². The van der Waals surface area contributed by atoms with Crippen molar-refractivity contribution in [3.8, 4) is 0 Å². The predicted molar refractivity (Wildman–Crippen MR) is 73.9 cm³/mol. The van der Waals surface area contributed by atoms with Crippen LogP contribution in [0.2, 0.25) is 0 Å². The zero-order valence-corrected chi connectivity index (χ0v) is 10.7. The summed E-state index contributed by atoms with van der Waals surface area (Å²) in [6.45, 7) is 0.516. The molecule has 2 nitrogen and oxygen atoms in total. The Kier molecular flexibility index (Phi) is 3.32. The van der Waals surface area contributed by atoms with E-state index in [1.807, 2.05) is 48.5 Å². The minimum atomic E-state index is -0.183. The molecule has 1 fully saturated rings. The molecule has 0 bridgehead atoms. The fourth-order valence-corrected chi connectivity index (χ4v) is 2.80. The molecule has 0 aliphatic carbocycles. The van der Waals surface area contributed by atoms with Crippen LogP contribution < -0.4 is 0 Å². The fraction of sp³-hybridized carbons (Fsp3) is 0.235. The van der Waals surface area contributed by atoms with E-state index in [1.165, 1.54) is 5.56 Å². The topological polar surface area (TPSA) is 26.3 Å². The lowest BCUT2D eigenvalue weighted by Crippen LogP contribution is -2.29. The quantitative estimate of drug-likeness (QED) is 0.765. The summed E-state index contributed by atoms with van der Waals surface area (Å²) >= 11 is 0. The summed E-state index contributed by atoms with van der Waals surface area (Å²) in [6.07, 6.45) is 0.884. The first kappa shape index (κ1) is 12.0. The number of ether oxygens (including phenoxy) is 1. The number of cyclic esters (lactones) is 1. The lowest BCUT2D eigenvalue weighted by molar-refractivity contribution is -0.150. The van der Waals surface area contributed by atoms with Crippen molar-refractivity contribution in [3.63, 3.8) is 0 Å². The second kappa shape index (κ2) is 5.27. The Balaban J connectivity index is 1.99. The van der Waals surface area contributed by atoms with E-state index in [1.54, 1.807) is 0 Å². The molecule has 0 unspecified atom stereocenters. The van der Waals surface area contributed by atoms with Crippen LogP contribution >= 0.6 is 0 Å². The Morgan fingerprint density at radius 3 is 2.05 bits per heavy atom. The second-order valence-corrected chi connectivity index (χ2v) is 4.86. The van der Waals surface area contributed by atoms with Crippen LogP contribution in [-0.2, 0) is 9.53 Å². The fourth-order valence-electron chi connectivity index (χ4n) is 2.80. The van der Waals surface area contributed by atoms with Crippen molar-refractivity contribution in [2.45, 2.75) is 18.3 Å². The van der Waals surface area contributed by atoms with Crippen LogP contribution in [0.15, 0.2) is 60.7 Å². The van der Waals surface area contributed by atoms with Crippen LogP contribution in [0, 0.1) is 0 Å². The average Bonchev–Trinajstić information content (AvgIpc) is 2.49. The molecule has 0 amide bonds. The molecule has 0 spiro atoms. The molecule has 1 aliphatic heterocycles. The van der Waals surface area contributed by atoms with Gasteiger partial charge in [-0.1, -0.05) is 60.7 Å². The molecule has 1 heterocycles. The van der Waals surface area contributed by atoms with Crippen molar-refractivity contribution in [3.05, 3.63) is 71.8 Å². The Bertz CT molecular complexity index is 548. The average molecular weight is 252 g/mol. The van der Waals surface area contributed by atoms with E-state index in [4.69, 9.17) is 4.74 Å². The summed E-state index contributed by atoms with van der Waals surface area (Å²) in [4.78, 5) is 12.2. The van der Waals surface area contributed by atoms with Gasteiger partial charge in [0.05, 0.1) is 12.5 Å². The van der Waals surface area contributed by atoms with Gasteiger partial charge in [0.15, 0.2) is 0 Å². The zero-order valence-electron chi connectivity index (χ0n) is 10.7. The number of rotatable bonds is 2. The van der Waals surface area contributed by atoms with E-state index < -0.39 is 0 Å². The highest BCUT2D eigenvalue weighted by Gasteiger charge is 2.35. The van der Waals surface area contributed by atoms with Crippen LogP contribution in [0.25, 0.3) is 0 Å². The van der Waals surface area contributed by atoms with Gasteiger partial charge < -0.3 is 4.74 Å². The first-order valence-electron chi connectivity index (χ1n) is 6.63. The molecular formula is C17H16O2. The van der Waals surface area contributed by atoms with Gasteiger partial charge in [0.1, 0.15) is 0 Å².